The molecule has 0 aliphatic rings. The molecule has 1 heterocycles. The van der Waals surface area contributed by atoms with E-state index in [1.165, 1.54) is 11.1 Å². The van der Waals surface area contributed by atoms with E-state index in [-0.39, 0.29) is 0 Å². The molecule has 0 saturated heterocycles. The predicted molar refractivity (Wildman–Crippen MR) is 88.6 cm³/mol. The molecular weight excluding hydrogens is 282 g/mol. The van der Waals surface area contributed by atoms with Gasteiger partial charge in [-0.15, -0.1) is 11.6 Å². The molecule has 0 N–H and O–H groups in total. The molecule has 0 saturated carbocycles. The van der Waals surface area contributed by atoms with Crippen molar-refractivity contribution in [1.29, 1.82) is 0 Å². The van der Waals surface area contributed by atoms with Gasteiger partial charge in [0.2, 0.25) is 5.88 Å². The molecule has 112 valence electrons. The van der Waals surface area contributed by atoms with Crippen molar-refractivity contribution in [2.45, 2.75) is 46.4 Å². The lowest BCUT2D eigenvalue weighted by Gasteiger charge is -2.17. The maximum absolute atomic E-state index is 6.14. The third-order valence-corrected chi connectivity index (χ3v) is 3.84. The summed E-state index contributed by atoms with van der Waals surface area (Å²) >= 11 is 6.07. The average molecular weight is 304 g/mol. The highest BCUT2D eigenvalue weighted by Crippen LogP contribution is 2.33. The largest absolute Gasteiger partial charge is 0.438 e. The van der Waals surface area contributed by atoms with Crippen LogP contribution in [-0.2, 0) is 5.88 Å². The molecular formula is C18H22ClNO. The summed E-state index contributed by atoms with van der Waals surface area (Å²) in [5.74, 6) is 2.28. The lowest BCUT2D eigenvalue weighted by atomic mass is 10.0. The zero-order chi connectivity index (χ0) is 15.6. The predicted octanol–water partition coefficient (Wildman–Crippen LogP) is 5.66. The molecule has 0 aliphatic carbocycles. The molecule has 2 rings (SSSR count). The SMILES string of the molecule is Cc1ccc(C(C)C)c(Oc2nc(C)cc(C)c2CCl)c1. The first kappa shape index (κ1) is 15.8. The number of alkyl halides is 1. The van der Waals surface area contributed by atoms with Gasteiger partial charge in [0, 0.05) is 11.3 Å². The molecule has 0 bridgehead atoms. The zero-order valence-corrected chi connectivity index (χ0v) is 14.1. The van der Waals surface area contributed by atoms with Crippen molar-refractivity contribution < 1.29 is 4.74 Å². The number of halogens is 1. The smallest absolute Gasteiger partial charge is 0.224 e. The van der Waals surface area contributed by atoms with Gasteiger partial charge in [-0.2, -0.15) is 0 Å². The number of hydrogen-bond acceptors (Lipinski definition) is 2. The van der Waals surface area contributed by atoms with Crippen LogP contribution in [0.3, 0.4) is 0 Å². The van der Waals surface area contributed by atoms with Crippen LogP contribution in [0.2, 0.25) is 0 Å². The highest BCUT2D eigenvalue weighted by atomic mass is 35.5. The Bertz CT molecular complexity index is 650. The monoisotopic (exact) mass is 303 g/mol. The topological polar surface area (TPSA) is 22.1 Å². The Morgan fingerprint density at radius 2 is 1.86 bits per heavy atom. The number of rotatable bonds is 4. The highest BCUT2D eigenvalue weighted by molar-refractivity contribution is 6.17. The number of hydrogen-bond donors (Lipinski definition) is 0. The normalized spacial score (nSPS) is 11.0. The van der Waals surface area contributed by atoms with E-state index in [2.05, 4.69) is 44.0 Å². The molecule has 0 amide bonds. The van der Waals surface area contributed by atoms with E-state index in [0.717, 1.165) is 22.6 Å². The second kappa shape index (κ2) is 6.48. The Morgan fingerprint density at radius 3 is 2.48 bits per heavy atom. The summed E-state index contributed by atoms with van der Waals surface area (Å²) in [6, 6.07) is 8.33. The molecule has 0 spiro atoms. The van der Waals surface area contributed by atoms with Crippen LogP contribution >= 0.6 is 11.6 Å². The molecule has 0 radical (unpaired) electrons. The van der Waals surface area contributed by atoms with Crippen LogP contribution in [0.5, 0.6) is 11.6 Å². The van der Waals surface area contributed by atoms with Gasteiger partial charge in [-0.05, 0) is 55.5 Å². The Hall–Kier alpha value is -1.54. The van der Waals surface area contributed by atoms with Crippen molar-refractivity contribution in [3.8, 4) is 11.6 Å². The Kier molecular flexibility index (Phi) is 4.89. The van der Waals surface area contributed by atoms with Crippen molar-refractivity contribution in [2.24, 2.45) is 0 Å². The zero-order valence-electron chi connectivity index (χ0n) is 13.3. The van der Waals surface area contributed by atoms with Gasteiger partial charge in [0.05, 0.1) is 5.88 Å². The quantitative estimate of drug-likeness (QED) is 0.680. The van der Waals surface area contributed by atoms with Gasteiger partial charge in [0.25, 0.3) is 0 Å². The van der Waals surface area contributed by atoms with E-state index in [1.54, 1.807) is 0 Å². The highest BCUT2D eigenvalue weighted by Gasteiger charge is 2.14. The molecule has 2 aromatic rings. The molecule has 2 nitrogen and oxygen atoms in total. The second-order valence-electron chi connectivity index (χ2n) is 5.80. The van der Waals surface area contributed by atoms with Gasteiger partial charge in [-0.3, -0.25) is 0 Å². The molecule has 1 aromatic heterocycles. The van der Waals surface area contributed by atoms with Gasteiger partial charge in [-0.25, -0.2) is 4.98 Å². The van der Waals surface area contributed by atoms with Gasteiger partial charge < -0.3 is 4.74 Å². The number of aryl methyl sites for hydroxylation is 3. The fourth-order valence-electron chi connectivity index (χ4n) is 2.39. The van der Waals surface area contributed by atoms with Crippen LogP contribution in [-0.4, -0.2) is 4.98 Å². The van der Waals surface area contributed by atoms with Crippen LogP contribution in [0, 0.1) is 20.8 Å². The first-order chi connectivity index (χ1) is 9.92. The first-order valence-electron chi connectivity index (χ1n) is 7.24. The summed E-state index contributed by atoms with van der Waals surface area (Å²) in [5, 5.41) is 0. The summed E-state index contributed by atoms with van der Waals surface area (Å²) in [6.07, 6.45) is 0. The minimum Gasteiger partial charge on any atom is -0.438 e. The Morgan fingerprint density at radius 1 is 1.14 bits per heavy atom. The van der Waals surface area contributed by atoms with Gasteiger partial charge >= 0.3 is 0 Å². The number of ether oxygens (including phenoxy) is 1. The van der Waals surface area contributed by atoms with Crippen LogP contribution < -0.4 is 4.74 Å². The summed E-state index contributed by atoms with van der Waals surface area (Å²) in [5.41, 5.74) is 5.37. The first-order valence-corrected chi connectivity index (χ1v) is 7.77. The fourth-order valence-corrected chi connectivity index (χ4v) is 2.71. The molecule has 0 atom stereocenters. The van der Waals surface area contributed by atoms with Crippen molar-refractivity contribution in [3.05, 3.63) is 52.2 Å². The lowest BCUT2D eigenvalue weighted by molar-refractivity contribution is 0.448. The molecule has 3 heteroatoms. The number of nitrogens with zero attached hydrogens (tertiary/aromatic N) is 1. The molecule has 0 unspecified atom stereocenters. The number of benzene rings is 1. The van der Waals surface area contributed by atoms with Crippen molar-refractivity contribution in [3.63, 3.8) is 0 Å². The van der Waals surface area contributed by atoms with E-state index in [1.807, 2.05) is 19.9 Å². The van der Waals surface area contributed by atoms with Gasteiger partial charge in [0.1, 0.15) is 5.75 Å². The number of aromatic nitrogens is 1. The van der Waals surface area contributed by atoms with E-state index >= 15 is 0 Å². The van der Waals surface area contributed by atoms with Crippen molar-refractivity contribution >= 4 is 11.6 Å². The fraction of sp³-hybridized carbons (Fsp3) is 0.389. The minimum absolute atomic E-state index is 0.394. The minimum atomic E-state index is 0.394. The summed E-state index contributed by atoms with van der Waals surface area (Å²) in [6.45, 7) is 10.4. The van der Waals surface area contributed by atoms with E-state index in [0.29, 0.717) is 17.7 Å². The maximum Gasteiger partial charge on any atom is 0.224 e. The third-order valence-electron chi connectivity index (χ3n) is 3.57. The van der Waals surface area contributed by atoms with E-state index < -0.39 is 0 Å². The Labute approximate surface area is 132 Å². The van der Waals surface area contributed by atoms with E-state index in [9.17, 15) is 0 Å². The summed E-state index contributed by atoms with van der Waals surface area (Å²) < 4.78 is 6.14. The van der Waals surface area contributed by atoms with Crippen LogP contribution in [0.1, 0.15) is 47.7 Å². The summed E-state index contributed by atoms with van der Waals surface area (Å²) in [4.78, 5) is 4.52. The second-order valence-corrected chi connectivity index (χ2v) is 6.06. The third kappa shape index (κ3) is 3.56. The maximum atomic E-state index is 6.14. The molecule has 0 fully saturated rings. The summed E-state index contributed by atoms with van der Waals surface area (Å²) in [7, 11) is 0. The van der Waals surface area contributed by atoms with Gasteiger partial charge in [-0.1, -0.05) is 26.0 Å². The molecule has 0 aliphatic heterocycles. The lowest BCUT2D eigenvalue weighted by Crippen LogP contribution is -2.01. The van der Waals surface area contributed by atoms with Gasteiger partial charge in [0.15, 0.2) is 0 Å². The van der Waals surface area contributed by atoms with Crippen molar-refractivity contribution in [2.75, 3.05) is 0 Å². The standard InChI is InChI=1S/C18H22ClNO/c1-11(2)15-7-6-12(3)8-17(15)21-18-16(10-19)13(4)9-14(5)20-18/h6-9,11H,10H2,1-5H3. The molecule has 1 aromatic carbocycles. The number of pyridine rings is 1. The van der Waals surface area contributed by atoms with Crippen LogP contribution in [0.25, 0.3) is 0 Å². The van der Waals surface area contributed by atoms with Crippen LogP contribution in [0.4, 0.5) is 0 Å². The molecule has 21 heavy (non-hydrogen) atoms. The Balaban J connectivity index is 2.50. The average Bonchev–Trinajstić information content (AvgIpc) is 2.37. The van der Waals surface area contributed by atoms with E-state index in [4.69, 9.17) is 16.3 Å². The van der Waals surface area contributed by atoms with Crippen LogP contribution in [0.15, 0.2) is 24.3 Å². The van der Waals surface area contributed by atoms with Crippen molar-refractivity contribution in [1.82, 2.24) is 4.98 Å².